The van der Waals surface area contributed by atoms with Gasteiger partial charge in [-0.05, 0) is 42.3 Å². The normalized spacial score (nSPS) is 12.6. The van der Waals surface area contributed by atoms with Gasteiger partial charge in [0.15, 0.2) is 9.84 Å². The molecule has 0 aromatic heterocycles. The van der Waals surface area contributed by atoms with Crippen LogP contribution in [-0.2, 0) is 21.1 Å². The highest BCUT2D eigenvalue weighted by atomic mass is 32.2. The topological polar surface area (TPSA) is 83.5 Å². The van der Waals surface area contributed by atoms with Gasteiger partial charge in [0.05, 0.1) is 16.3 Å². The molecular weight excluding hydrogens is 345 g/mol. The van der Waals surface area contributed by atoms with Crippen LogP contribution in [0.5, 0.6) is 5.75 Å². The average Bonchev–Trinajstić information content (AvgIpc) is 2.56. The predicted octanol–water partition coefficient (Wildman–Crippen LogP) is 3.14. The molecule has 0 heterocycles. The first-order valence-electron chi connectivity index (χ1n) is 7.84. The lowest BCUT2D eigenvalue weighted by Crippen LogP contribution is -2.22. The minimum absolute atomic E-state index is 0.0286. The number of anilines is 1. The maximum Gasteiger partial charge on any atom is 0.227 e. The van der Waals surface area contributed by atoms with Gasteiger partial charge < -0.3 is 10.4 Å². The lowest BCUT2D eigenvalue weighted by Gasteiger charge is -2.14. The van der Waals surface area contributed by atoms with Crippen LogP contribution in [-0.4, -0.2) is 25.2 Å². The van der Waals surface area contributed by atoms with Crippen molar-refractivity contribution in [1.82, 2.24) is 0 Å². The Morgan fingerprint density at radius 1 is 1.24 bits per heavy atom. The van der Waals surface area contributed by atoms with Gasteiger partial charge in [-0.15, -0.1) is 0 Å². The molecule has 1 amide bonds. The second-order valence-electron chi connectivity index (χ2n) is 5.81. The van der Waals surface area contributed by atoms with Crippen LogP contribution in [0.4, 0.5) is 10.1 Å². The highest BCUT2D eigenvalue weighted by Gasteiger charge is 2.18. The maximum atomic E-state index is 13.2. The number of rotatable bonds is 6. The summed E-state index contributed by atoms with van der Waals surface area (Å²) < 4.78 is 37.1. The van der Waals surface area contributed by atoms with E-state index < -0.39 is 21.7 Å². The first-order valence-corrected chi connectivity index (χ1v) is 9.49. The van der Waals surface area contributed by atoms with E-state index in [2.05, 4.69) is 5.32 Å². The van der Waals surface area contributed by atoms with E-state index in [4.69, 9.17) is 0 Å². The molecule has 5 nitrogen and oxygen atoms in total. The zero-order valence-electron chi connectivity index (χ0n) is 14.0. The molecule has 0 aliphatic heterocycles. The van der Waals surface area contributed by atoms with Gasteiger partial charge in [0.2, 0.25) is 5.91 Å². The SMILES string of the molecule is CCS(=O)(=O)c1ccc(O)c(NC(=O)C(C)Cc2cccc(F)c2)c1. The number of phenols is 1. The Bertz CT molecular complexity index is 880. The molecule has 1 unspecified atom stereocenters. The monoisotopic (exact) mass is 365 g/mol. The number of carbonyl (C=O) groups is 1. The molecule has 0 saturated carbocycles. The van der Waals surface area contributed by atoms with Gasteiger partial charge in [-0.2, -0.15) is 0 Å². The van der Waals surface area contributed by atoms with Crippen molar-refractivity contribution in [2.45, 2.75) is 25.2 Å². The van der Waals surface area contributed by atoms with E-state index in [1.807, 2.05) is 0 Å². The summed E-state index contributed by atoms with van der Waals surface area (Å²) in [6.07, 6.45) is 0.317. The van der Waals surface area contributed by atoms with Gasteiger partial charge in [-0.1, -0.05) is 26.0 Å². The number of amides is 1. The third-order valence-electron chi connectivity index (χ3n) is 3.84. The van der Waals surface area contributed by atoms with E-state index in [-0.39, 0.29) is 27.9 Å². The Hall–Kier alpha value is -2.41. The summed E-state index contributed by atoms with van der Waals surface area (Å²) >= 11 is 0. The first-order chi connectivity index (χ1) is 11.7. The predicted molar refractivity (Wildman–Crippen MR) is 93.7 cm³/mol. The molecule has 2 aromatic carbocycles. The van der Waals surface area contributed by atoms with Crippen molar-refractivity contribution in [3.8, 4) is 5.75 Å². The summed E-state index contributed by atoms with van der Waals surface area (Å²) in [5.74, 6) is -1.57. The zero-order chi connectivity index (χ0) is 18.6. The number of nitrogens with one attached hydrogen (secondary N) is 1. The summed E-state index contributed by atoms with van der Waals surface area (Å²) in [7, 11) is -3.45. The minimum atomic E-state index is -3.45. The second-order valence-corrected chi connectivity index (χ2v) is 8.08. The molecule has 2 rings (SSSR count). The fourth-order valence-corrected chi connectivity index (χ4v) is 3.25. The van der Waals surface area contributed by atoms with Crippen molar-refractivity contribution in [3.05, 3.63) is 53.8 Å². The molecule has 0 aliphatic rings. The van der Waals surface area contributed by atoms with E-state index >= 15 is 0 Å². The molecule has 25 heavy (non-hydrogen) atoms. The van der Waals surface area contributed by atoms with Crippen LogP contribution in [0, 0.1) is 11.7 Å². The van der Waals surface area contributed by atoms with Crippen molar-refractivity contribution in [2.75, 3.05) is 11.1 Å². The van der Waals surface area contributed by atoms with Crippen molar-refractivity contribution in [3.63, 3.8) is 0 Å². The van der Waals surface area contributed by atoms with Crippen molar-refractivity contribution in [1.29, 1.82) is 0 Å². The van der Waals surface area contributed by atoms with E-state index in [0.717, 1.165) is 0 Å². The summed E-state index contributed by atoms with van der Waals surface area (Å²) in [5.41, 5.74) is 0.708. The average molecular weight is 365 g/mol. The largest absolute Gasteiger partial charge is 0.506 e. The van der Waals surface area contributed by atoms with Crippen LogP contribution >= 0.6 is 0 Å². The number of hydrogen-bond donors (Lipinski definition) is 2. The van der Waals surface area contributed by atoms with Gasteiger partial charge in [0.25, 0.3) is 0 Å². The molecule has 0 saturated heterocycles. The summed E-state index contributed by atoms with van der Waals surface area (Å²) in [4.78, 5) is 12.3. The van der Waals surface area contributed by atoms with E-state index in [9.17, 15) is 22.7 Å². The fraction of sp³-hybridized carbons (Fsp3) is 0.278. The van der Waals surface area contributed by atoms with Crippen LogP contribution in [0.15, 0.2) is 47.4 Å². The van der Waals surface area contributed by atoms with Gasteiger partial charge in [0, 0.05) is 5.92 Å². The number of sulfone groups is 1. The van der Waals surface area contributed by atoms with Gasteiger partial charge in [-0.25, -0.2) is 12.8 Å². The van der Waals surface area contributed by atoms with Crippen molar-refractivity contribution < 1.29 is 22.7 Å². The van der Waals surface area contributed by atoms with Crippen LogP contribution in [0.1, 0.15) is 19.4 Å². The molecule has 0 radical (unpaired) electrons. The maximum absolute atomic E-state index is 13.2. The summed E-state index contributed by atoms with van der Waals surface area (Å²) in [6.45, 7) is 3.19. The quantitative estimate of drug-likeness (QED) is 0.771. The number of carbonyl (C=O) groups excluding carboxylic acids is 1. The van der Waals surface area contributed by atoms with Gasteiger partial charge >= 0.3 is 0 Å². The van der Waals surface area contributed by atoms with Gasteiger partial charge in [-0.3, -0.25) is 4.79 Å². The van der Waals surface area contributed by atoms with E-state index in [1.54, 1.807) is 19.1 Å². The molecular formula is C18H20FNO4S. The molecule has 1 atom stereocenters. The second kappa shape index (κ2) is 7.65. The third-order valence-corrected chi connectivity index (χ3v) is 5.58. The van der Waals surface area contributed by atoms with E-state index in [1.165, 1.54) is 37.3 Å². The summed E-state index contributed by atoms with van der Waals surface area (Å²) in [6, 6.07) is 9.73. The van der Waals surface area contributed by atoms with Crippen molar-refractivity contribution in [2.24, 2.45) is 5.92 Å². The lowest BCUT2D eigenvalue weighted by atomic mass is 10.00. The molecule has 0 bridgehead atoms. The molecule has 0 aliphatic carbocycles. The Balaban J connectivity index is 2.15. The smallest absolute Gasteiger partial charge is 0.227 e. The minimum Gasteiger partial charge on any atom is -0.506 e. The number of aromatic hydroxyl groups is 1. The highest BCUT2D eigenvalue weighted by molar-refractivity contribution is 7.91. The fourth-order valence-electron chi connectivity index (χ4n) is 2.34. The Morgan fingerprint density at radius 3 is 2.60 bits per heavy atom. The molecule has 134 valence electrons. The standard InChI is InChI=1S/C18H20FNO4S/c1-3-25(23,24)15-7-8-17(21)16(11-15)20-18(22)12(2)9-13-5-4-6-14(19)10-13/h4-8,10-12,21H,3,9H2,1-2H3,(H,20,22). The molecule has 7 heteroatoms. The first kappa shape index (κ1) is 18.9. The van der Waals surface area contributed by atoms with Crippen LogP contribution in [0.25, 0.3) is 0 Å². The number of hydrogen-bond acceptors (Lipinski definition) is 4. The van der Waals surface area contributed by atoms with Crippen LogP contribution in [0.3, 0.4) is 0 Å². The van der Waals surface area contributed by atoms with E-state index in [0.29, 0.717) is 12.0 Å². The number of benzene rings is 2. The zero-order valence-corrected chi connectivity index (χ0v) is 14.8. The Kier molecular flexibility index (Phi) is 5.79. The van der Waals surface area contributed by atoms with Crippen molar-refractivity contribution >= 4 is 21.4 Å². The lowest BCUT2D eigenvalue weighted by molar-refractivity contribution is -0.119. The van der Waals surface area contributed by atoms with Crippen LogP contribution in [0.2, 0.25) is 0 Å². The number of halogens is 1. The summed E-state index contributed by atoms with van der Waals surface area (Å²) in [5, 5.41) is 12.4. The Morgan fingerprint density at radius 2 is 1.96 bits per heavy atom. The Labute approximate surface area is 146 Å². The molecule has 2 aromatic rings. The number of phenolic OH excluding ortho intramolecular Hbond substituents is 1. The van der Waals surface area contributed by atoms with Gasteiger partial charge in [0.1, 0.15) is 11.6 Å². The highest BCUT2D eigenvalue weighted by Crippen LogP contribution is 2.27. The molecule has 0 spiro atoms. The van der Waals surface area contributed by atoms with Crippen LogP contribution < -0.4 is 5.32 Å². The molecule has 2 N–H and O–H groups in total. The third kappa shape index (κ3) is 4.79. The molecule has 0 fully saturated rings.